The molecule has 3 heteroatoms. The highest BCUT2D eigenvalue weighted by atomic mass is 35.5. The van der Waals surface area contributed by atoms with E-state index in [0.29, 0.717) is 0 Å². The van der Waals surface area contributed by atoms with Crippen molar-refractivity contribution in [1.82, 2.24) is 0 Å². The first-order valence-electron chi connectivity index (χ1n) is 3.10. The van der Waals surface area contributed by atoms with E-state index in [4.69, 9.17) is 23.2 Å². The molecule has 0 aliphatic rings. The van der Waals surface area contributed by atoms with Crippen molar-refractivity contribution in [3.05, 3.63) is 19.8 Å². The van der Waals surface area contributed by atoms with Crippen LogP contribution in [0.2, 0.25) is 10.0 Å². The van der Waals surface area contributed by atoms with E-state index in [1.807, 2.05) is 6.92 Å². The van der Waals surface area contributed by atoms with Gasteiger partial charge in [-0.1, -0.05) is 30.1 Å². The van der Waals surface area contributed by atoms with Crippen LogP contribution in [0.5, 0.6) is 0 Å². The van der Waals surface area contributed by atoms with E-state index in [9.17, 15) is 0 Å². The summed E-state index contributed by atoms with van der Waals surface area (Å²) in [6, 6.07) is 0. The second kappa shape index (κ2) is 3.12. The van der Waals surface area contributed by atoms with Crippen molar-refractivity contribution in [3.8, 4) is 0 Å². The van der Waals surface area contributed by atoms with Crippen LogP contribution in [0.25, 0.3) is 0 Å². The molecule has 0 nitrogen and oxygen atoms in total. The summed E-state index contributed by atoms with van der Waals surface area (Å²) in [5.74, 6) is 0. The van der Waals surface area contributed by atoms with Crippen LogP contribution < -0.4 is 0 Å². The average molecular weight is 195 g/mol. The Labute approximate surface area is 74.8 Å². The smallest absolute Gasteiger partial charge is 0.0734 e. The normalized spacial score (nSPS) is 10.4. The molecular weight excluding hydrogens is 187 g/mol. The Morgan fingerprint density at radius 2 is 1.90 bits per heavy atom. The minimum Gasteiger partial charge on any atom is -0.143 e. The first-order valence-corrected chi connectivity index (χ1v) is 4.67. The number of aryl methyl sites for hydroxylation is 2. The summed E-state index contributed by atoms with van der Waals surface area (Å²) in [5, 5.41) is 1.47. The van der Waals surface area contributed by atoms with E-state index in [2.05, 4.69) is 6.92 Å². The van der Waals surface area contributed by atoms with Crippen LogP contribution in [0, 0.1) is 6.92 Å². The Hall–Kier alpha value is 0.280. The molecule has 1 heterocycles. The lowest BCUT2D eigenvalue weighted by molar-refractivity contribution is 1.19. The van der Waals surface area contributed by atoms with Gasteiger partial charge in [-0.3, -0.25) is 0 Å². The third kappa shape index (κ3) is 1.31. The first-order chi connectivity index (χ1) is 4.66. The minimum atomic E-state index is 0.725. The van der Waals surface area contributed by atoms with Gasteiger partial charge in [0.25, 0.3) is 0 Å². The zero-order valence-corrected chi connectivity index (χ0v) is 8.20. The van der Waals surface area contributed by atoms with Crippen molar-refractivity contribution in [3.63, 3.8) is 0 Å². The fraction of sp³-hybridized carbons (Fsp3) is 0.429. The molecule has 1 aromatic rings. The van der Waals surface area contributed by atoms with Crippen LogP contribution in [-0.2, 0) is 6.42 Å². The maximum absolute atomic E-state index is 5.89. The van der Waals surface area contributed by atoms with Crippen LogP contribution in [0.3, 0.4) is 0 Å². The van der Waals surface area contributed by atoms with Crippen LogP contribution in [0.4, 0.5) is 0 Å². The Bertz CT molecular complexity index is 240. The van der Waals surface area contributed by atoms with Gasteiger partial charge in [-0.15, -0.1) is 11.3 Å². The lowest BCUT2D eigenvalue weighted by Gasteiger charge is -1.87. The van der Waals surface area contributed by atoms with Crippen LogP contribution in [0.15, 0.2) is 0 Å². The highest BCUT2D eigenvalue weighted by molar-refractivity contribution is 7.13. The summed E-state index contributed by atoms with van der Waals surface area (Å²) in [4.78, 5) is 2.30. The minimum absolute atomic E-state index is 0.725. The van der Waals surface area contributed by atoms with Gasteiger partial charge < -0.3 is 0 Å². The third-order valence-corrected chi connectivity index (χ3v) is 3.80. The molecule has 0 atom stereocenters. The zero-order chi connectivity index (χ0) is 7.72. The maximum atomic E-state index is 5.89. The topological polar surface area (TPSA) is 0 Å². The molecule has 0 bridgehead atoms. The van der Waals surface area contributed by atoms with Gasteiger partial charge in [-0.25, -0.2) is 0 Å². The largest absolute Gasteiger partial charge is 0.143 e. The molecule has 0 N–H and O–H groups in total. The number of hydrogen-bond acceptors (Lipinski definition) is 1. The van der Waals surface area contributed by atoms with Crippen molar-refractivity contribution in [1.29, 1.82) is 0 Å². The van der Waals surface area contributed by atoms with Gasteiger partial charge in [-0.2, -0.15) is 0 Å². The SMILES string of the molecule is CCc1sc(C)c(Cl)c1Cl. The van der Waals surface area contributed by atoms with E-state index in [1.165, 1.54) is 4.88 Å². The third-order valence-electron chi connectivity index (χ3n) is 1.34. The van der Waals surface area contributed by atoms with Gasteiger partial charge in [0.15, 0.2) is 0 Å². The molecule has 0 amide bonds. The van der Waals surface area contributed by atoms with Crippen molar-refractivity contribution in [2.24, 2.45) is 0 Å². The summed E-state index contributed by atoms with van der Waals surface area (Å²) >= 11 is 13.4. The van der Waals surface area contributed by atoms with E-state index in [1.54, 1.807) is 11.3 Å². The van der Waals surface area contributed by atoms with Crippen molar-refractivity contribution in [2.75, 3.05) is 0 Å². The van der Waals surface area contributed by atoms with Crippen LogP contribution >= 0.6 is 34.5 Å². The van der Waals surface area contributed by atoms with Gasteiger partial charge >= 0.3 is 0 Å². The lowest BCUT2D eigenvalue weighted by Crippen LogP contribution is -1.69. The first kappa shape index (κ1) is 8.38. The molecule has 1 aromatic heterocycles. The molecule has 0 aromatic carbocycles. The van der Waals surface area contributed by atoms with E-state index < -0.39 is 0 Å². The molecular formula is C7H8Cl2S. The Kier molecular flexibility index (Phi) is 2.61. The molecule has 0 unspecified atom stereocenters. The quantitative estimate of drug-likeness (QED) is 0.636. The van der Waals surface area contributed by atoms with Crippen LogP contribution in [-0.4, -0.2) is 0 Å². The summed E-state index contributed by atoms with van der Waals surface area (Å²) in [6.07, 6.45) is 0.969. The molecule has 10 heavy (non-hydrogen) atoms. The standard InChI is InChI=1S/C7H8Cl2S/c1-3-5-7(9)6(8)4(2)10-5/h3H2,1-2H3. The zero-order valence-electron chi connectivity index (χ0n) is 5.87. The van der Waals surface area contributed by atoms with Crippen LogP contribution in [0.1, 0.15) is 16.7 Å². The number of hydrogen-bond donors (Lipinski definition) is 0. The molecule has 0 aliphatic heterocycles. The summed E-state index contributed by atoms with van der Waals surface area (Å²) in [6.45, 7) is 4.06. The van der Waals surface area contributed by atoms with Crippen molar-refractivity contribution >= 4 is 34.5 Å². The van der Waals surface area contributed by atoms with E-state index in [0.717, 1.165) is 21.3 Å². The van der Waals surface area contributed by atoms with Gasteiger partial charge in [0.2, 0.25) is 0 Å². The van der Waals surface area contributed by atoms with Gasteiger partial charge in [0.05, 0.1) is 10.0 Å². The second-order valence-corrected chi connectivity index (χ2v) is 4.13. The monoisotopic (exact) mass is 194 g/mol. The van der Waals surface area contributed by atoms with E-state index >= 15 is 0 Å². The summed E-state index contributed by atoms with van der Waals surface area (Å²) in [7, 11) is 0. The predicted molar refractivity (Wildman–Crippen MR) is 48.5 cm³/mol. The number of halogens is 2. The molecule has 0 radical (unpaired) electrons. The number of thiophene rings is 1. The van der Waals surface area contributed by atoms with Gasteiger partial charge in [0.1, 0.15) is 0 Å². The molecule has 0 fully saturated rings. The Morgan fingerprint density at radius 3 is 2.10 bits per heavy atom. The fourth-order valence-corrected chi connectivity index (χ4v) is 2.41. The molecule has 0 saturated heterocycles. The van der Waals surface area contributed by atoms with E-state index in [-0.39, 0.29) is 0 Å². The molecule has 0 saturated carbocycles. The highest BCUT2D eigenvalue weighted by Crippen LogP contribution is 2.36. The number of rotatable bonds is 1. The summed E-state index contributed by atoms with van der Waals surface area (Å²) in [5.41, 5.74) is 0. The maximum Gasteiger partial charge on any atom is 0.0734 e. The summed E-state index contributed by atoms with van der Waals surface area (Å²) < 4.78 is 0. The second-order valence-electron chi connectivity index (χ2n) is 2.06. The molecule has 1 rings (SSSR count). The van der Waals surface area contributed by atoms with Gasteiger partial charge in [-0.05, 0) is 13.3 Å². The molecule has 56 valence electrons. The molecule has 0 aliphatic carbocycles. The predicted octanol–water partition coefficient (Wildman–Crippen LogP) is 3.93. The van der Waals surface area contributed by atoms with Crippen molar-refractivity contribution < 1.29 is 0 Å². The Balaban J connectivity index is 3.17. The lowest BCUT2D eigenvalue weighted by atomic mass is 10.4. The Morgan fingerprint density at radius 1 is 1.30 bits per heavy atom. The van der Waals surface area contributed by atoms with Gasteiger partial charge in [0, 0.05) is 9.75 Å². The molecule has 0 spiro atoms. The van der Waals surface area contributed by atoms with Crippen molar-refractivity contribution in [2.45, 2.75) is 20.3 Å². The average Bonchev–Trinajstić information content (AvgIpc) is 2.17. The fourth-order valence-electron chi connectivity index (χ4n) is 0.779. The highest BCUT2D eigenvalue weighted by Gasteiger charge is 2.09.